The largest absolute Gasteiger partial charge is 0.480 e. The highest BCUT2D eigenvalue weighted by atomic mass is 16.5. The minimum absolute atomic E-state index is 0.0255. The molecule has 7 nitrogen and oxygen atoms in total. The molecule has 3 rings (SSSR count). The molecule has 3 heterocycles. The van der Waals surface area contributed by atoms with Crippen molar-refractivity contribution in [2.24, 2.45) is 0 Å². The Hall–Kier alpha value is -2.57. The zero-order chi connectivity index (χ0) is 16.2. The predicted octanol–water partition coefficient (Wildman–Crippen LogP) is 2.88. The Labute approximate surface area is 135 Å². The summed E-state index contributed by atoms with van der Waals surface area (Å²) in [5.74, 6) is 1.24. The number of anilines is 1. The first-order valence-electron chi connectivity index (χ1n) is 7.76. The Kier molecular flexibility index (Phi) is 4.45. The van der Waals surface area contributed by atoms with E-state index in [9.17, 15) is 4.79 Å². The van der Waals surface area contributed by atoms with Crippen LogP contribution in [0.1, 0.15) is 36.7 Å². The van der Waals surface area contributed by atoms with Crippen molar-refractivity contribution in [2.45, 2.75) is 32.2 Å². The van der Waals surface area contributed by atoms with Gasteiger partial charge in [0.25, 0.3) is 0 Å². The Bertz CT molecular complexity index is 671. The van der Waals surface area contributed by atoms with Crippen LogP contribution in [-0.2, 0) is 0 Å². The van der Waals surface area contributed by atoms with Crippen molar-refractivity contribution in [1.82, 2.24) is 19.9 Å². The zero-order valence-electron chi connectivity index (χ0n) is 13.4. The molecule has 23 heavy (non-hydrogen) atoms. The number of hydrogen-bond acceptors (Lipinski definition) is 4. The average Bonchev–Trinajstić information content (AvgIpc) is 3.09. The summed E-state index contributed by atoms with van der Waals surface area (Å²) in [6, 6.07) is 1.68. The molecule has 0 saturated carbocycles. The number of amides is 2. The fourth-order valence-corrected chi connectivity index (χ4v) is 2.91. The van der Waals surface area contributed by atoms with Gasteiger partial charge in [-0.25, -0.2) is 14.8 Å². The van der Waals surface area contributed by atoms with Crippen LogP contribution in [0.3, 0.4) is 0 Å². The van der Waals surface area contributed by atoms with E-state index in [2.05, 4.69) is 20.3 Å². The monoisotopic (exact) mass is 315 g/mol. The van der Waals surface area contributed by atoms with Crippen LogP contribution in [0.5, 0.6) is 5.88 Å². The number of hydrogen-bond donors (Lipinski definition) is 2. The number of aromatic nitrogens is 3. The van der Waals surface area contributed by atoms with Gasteiger partial charge in [-0.05, 0) is 37.8 Å². The van der Waals surface area contributed by atoms with Gasteiger partial charge in [0, 0.05) is 25.1 Å². The summed E-state index contributed by atoms with van der Waals surface area (Å²) in [4.78, 5) is 26.2. The normalized spacial score (nSPS) is 17.8. The molecule has 1 unspecified atom stereocenters. The van der Waals surface area contributed by atoms with Crippen LogP contribution in [0.4, 0.5) is 10.5 Å². The van der Waals surface area contributed by atoms with Crippen LogP contribution >= 0.6 is 0 Å². The highest BCUT2D eigenvalue weighted by Gasteiger charge is 2.30. The lowest BCUT2D eigenvalue weighted by Gasteiger charge is -2.34. The first kappa shape index (κ1) is 15.3. The highest BCUT2D eigenvalue weighted by molar-refractivity contribution is 5.91. The van der Waals surface area contributed by atoms with E-state index in [1.54, 1.807) is 25.7 Å². The molecule has 2 aromatic rings. The summed E-state index contributed by atoms with van der Waals surface area (Å²) in [6.45, 7) is 2.63. The maximum atomic E-state index is 12.7. The standard InChI is InChI=1S/C16H21N5O2/c1-11-9-12(15(23-2)19-10-11)20-16(22)21-8-4-3-5-13(21)14-17-6-7-18-14/h6-7,9-10,13H,3-5,8H2,1-2H3,(H,17,18)(H,20,22). The number of aromatic amines is 1. The third-order valence-corrected chi connectivity index (χ3v) is 4.02. The Morgan fingerprint density at radius 1 is 1.43 bits per heavy atom. The van der Waals surface area contributed by atoms with Gasteiger partial charge < -0.3 is 19.9 Å². The summed E-state index contributed by atoms with van der Waals surface area (Å²) in [5.41, 5.74) is 1.54. The second-order valence-corrected chi connectivity index (χ2v) is 5.68. The molecular weight excluding hydrogens is 294 g/mol. The minimum atomic E-state index is -0.156. The molecule has 2 aromatic heterocycles. The predicted molar refractivity (Wildman–Crippen MR) is 86.4 cm³/mol. The lowest BCUT2D eigenvalue weighted by atomic mass is 10.0. The zero-order valence-corrected chi connectivity index (χ0v) is 13.4. The molecular formula is C16H21N5O2. The summed E-state index contributed by atoms with van der Waals surface area (Å²) in [5, 5.41) is 2.92. The topological polar surface area (TPSA) is 83.1 Å². The fraction of sp³-hybridized carbons (Fsp3) is 0.438. The first-order valence-corrected chi connectivity index (χ1v) is 7.76. The van der Waals surface area contributed by atoms with E-state index in [1.165, 1.54) is 0 Å². The fourth-order valence-electron chi connectivity index (χ4n) is 2.91. The molecule has 0 aliphatic carbocycles. The number of carbonyl (C=O) groups excluding carboxylic acids is 1. The van der Waals surface area contributed by atoms with Gasteiger partial charge in [-0.15, -0.1) is 0 Å². The molecule has 1 atom stereocenters. The first-order chi connectivity index (χ1) is 11.2. The SMILES string of the molecule is COc1ncc(C)cc1NC(=O)N1CCCCC1c1ncc[nH]1. The van der Waals surface area contributed by atoms with Gasteiger partial charge in [0.2, 0.25) is 5.88 Å². The molecule has 1 aliphatic heterocycles. The van der Waals surface area contributed by atoms with Crippen LogP contribution in [-0.4, -0.2) is 39.5 Å². The number of urea groups is 1. The molecule has 0 radical (unpaired) electrons. The average molecular weight is 315 g/mol. The number of nitrogens with zero attached hydrogens (tertiary/aromatic N) is 3. The minimum Gasteiger partial charge on any atom is -0.480 e. The number of likely N-dealkylation sites (tertiary alicyclic amines) is 1. The molecule has 1 saturated heterocycles. The maximum absolute atomic E-state index is 12.7. The van der Waals surface area contributed by atoms with Crippen molar-refractivity contribution in [3.63, 3.8) is 0 Å². The molecule has 0 aromatic carbocycles. The number of carbonyl (C=O) groups is 1. The smallest absolute Gasteiger partial charge is 0.322 e. The number of piperidine rings is 1. The molecule has 1 fully saturated rings. The van der Waals surface area contributed by atoms with E-state index >= 15 is 0 Å². The van der Waals surface area contributed by atoms with Crippen LogP contribution < -0.4 is 10.1 Å². The molecule has 7 heteroatoms. The maximum Gasteiger partial charge on any atom is 0.322 e. The Morgan fingerprint density at radius 2 is 2.30 bits per heavy atom. The lowest BCUT2D eigenvalue weighted by Crippen LogP contribution is -2.41. The third kappa shape index (κ3) is 3.28. The van der Waals surface area contributed by atoms with Gasteiger partial charge in [0.05, 0.1) is 13.2 Å². The van der Waals surface area contributed by atoms with Crippen LogP contribution in [0.15, 0.2) is 24.7 Å². The summed E-state index contributed by atoms with van der Waals surface area (Å²) in [6.07, 6.45) is 8.20. The number of aryl methyl sites for hydroxylation is 1. The highest BCUT2D eigenvalue weighted by Crippen LogP contribution is 2.30. The number of methoxy groups -OCH3 is 1. The number of H-pyrrole nitrogens is 1. The Morgan fingerprint density at radius 3 is 3.04 bits per heavy atom. The van der Waals surface area contributed by atoms with Crippen LogP contribution in [0.2, 0.25) is 0 Å². The molecule has 1 aliphatic rings. The summed E-state index contributed by atoms with van der Waals surface area (Å²) < 4.78 is 5.22. The molecule has 0 spiro atoms. The van der Waals surface area contributed by atoms with E-state index in [-0.39, 0.29) is 12.1 Å². The lowest BCUT2D eigenvalue weighted by molar-refractivity contribution is 0.159. The van der Waals surface area contributed by atoms with E-state index in [4.69, 9.17) is 4.74 Å². The van der Waals surface area contributed by atoms with E-state index in [0.29, 0.717) is 18.1 Å². The van der Waals surface area contributed by atoms with Gasteiger partial charge in [-0.1, -0.05) is 0 Å². The Balaban J connectivity index is 1.80. The van der Waals surface area contributed by atoms with Gasteiger partial charge in [-0.2, -0.15) is 0 Å². The number of nitrogens with one attached hydrogen (secondary N) is 2. The van der Waals surface area contributed by atoms with Crippen LogP contribution in [0.25, 0.3) is 0 Å². The van der Waals surface area contributed by atoms with E-state index < -0.39 is 0 Å². The third-order valence-electron chi connectivity index (χ3n) is 4.02. The van der Waals surface area contributed by atoms with Gasteiger partial charge in [0.15, 0.2) is 0 Å². The van der Waals surface area contributed by atoms with Crippen molar-refractivity contribution in [1.29, 1.82) is 0 Å². The number of rotatable bonds is 3. The molecule has 122 valence electrons. The van der Waals surface area contributed by atoms with Crippen molar-refractivity contribution in [2.75, 3.05) is 19.0 Å². The van der Waals surface area contributed by atoms with Gasteiger partial charge in [-0.3, -0.25) is 0 Å². The van der Waals surface area contributed by atoms with Crippen molar-refractivity contribution in [3.8, 4) is 5.88 Å². The van der Waals surface area contributed by atoms with Crippen molar-refractivity contribution >= 4 is 11.7 Å². The molecule has 2 amide bonds. The van der Waals surface area contributed by atoms with Crippen LogP contribution in [0, 0.1) is 6.92 Å². The summed E-state index contributed by atoms with van der Waals surface area (Å²) in [7, 11) is 1.54. The van der Waals surface area contributed by atoms with Crippen molar-refractivity contribution in [3.05, 3.63) is 36.0 Å². The number of pyridine rings is 1. The van der Waals surface area contributed by atoms with E-state index in [0.717, 1.165) is 30.7 Å². The second-order valence-electron chi connectivity index (χ2n) is 5.68. The quantitative estimate of drug-likeness (QED) is 0.912. The van der Waals surface area contributed by atoms with Crippen molar-refractivity contribution < 1.29 is 9.53 Å². The second kappa shape index (κ2) is 6.68. The molecule has 2 N–H and O–H groups in total. The number of imidazole rings is 1. The number of ether oxygens (including phenoxy) is 1. The van der Waals surface area contributed by atoms with Gasteiger partial charge >= 0.3 is 6.03 Å². The molecule has 0 bridgehead atoms. The summed E-state index contributed by atoms with van der Waals surface area (Å²) >= 11 is 0. The van der Waals surface area contributed by atoms with E-state index in [1.807, 2.05) is 17.9 Å². The van der Waals surface area contributed by atoms with Gasteiger partial charge in [0.1, 0.15) is 11.5 Å².